The van der Waals surface area contributed by atoms with Crippen LogP contribution >= 0.6 is 0 Å². The van der Waals surface area contributed by atoms with Gasteiger partial charge in [-0.05, 0) is 56.2 Å². The fourth-order valence-electron chi connectivity index (χ4n) is 4.38. The van der Waals surface area contributed by atoms with Crippen LogP contribution in [0.3, 0.4) is 0 Å². The smallest absolute Gasteiger partial charge is 0.270 e. The summed E-state index contributed by atoms with van der Waals surface area (Å²) in [4.78, 5) is 33.5. The van der Waals surface area contributed by atoms with Crippen molar-refractivity contribution in [2.75, 3.05) is 6.54 Å². The summed E-state index contributed by atoms with van der Waals surface area (Å²) in [6.45, 7) is 4.19. The van der Waals surface area contributed by atoms with Gasteiger partial charge in [-0.2, -0.15) is 10.4 Å². The average Bonchev–Trinajstić information content (AvgIpc) is 3.44. The maximum atomic E-state index is 12.9. The van der Waals surface area contributed by atoms with Crippen LogP contribution in [-0.2, 0) is 4.79 Å². The van der Waals surface area contributed by atoms with E-state index in [0.29, 0.717) is 36.3 Å². The van der Waals surface area contributed by atoms with Crippen LogP contribution in [-0.4, -0.2) is 44.0 Å². The summed E-state index contributed by atoms with van der Waals surface area (Å²) in [5.74, 6) is -0.320. The van der Waals surface area contributed by atoms with Gasteiger partial charge in [-0.15, -0.1) is 0 Å². The van der Waals surface area contributed by atoms with E-state index in [-0.39, 0.29) is 23.6 Å². The van der Waals surface area contributed by atoms with E-state index in [9.17, 15) is 14.9 Å². The van der Waals surface area contributed by atoms with Crippen LogP contribution in [0.2, 0.25) is 0 Å². The number of hydrogen-bond donors (Lipinski definition) is 2. The molecule has 0 saturated carbocycles. The molecule has 1 aromatic carbocycles. The zero-order chi connectivity index (χ0) is 24.5. The van der Waals surface area contributed by atoms with E-state index >= 15 is 0 Å². The van der Waals surface area contributed by atoms with E-state index in [2.05, 4.69) is 26.7 Å². The van der Waals surface area contributed by atoms with Gasteiger partial charge in [0.05, 0.1) is 17.2 Å². The van der Waals surface area contributed by atoms with Gasteiger partial charge in [-0.25, -0.2) is 9.50 Å². The number of carbonyl (C=O) groups is 2. The number of aryl methyl sites for hydroxylation is 2. The molecule has 1 atom stereocenters. The molecule has 0 spiro atoms. The second-order valence-corrected chi connectivity index (χ2v) is 8.65. The molecule has 3 aromatic heterocycles. The number of carbonyl (C=O) groups excluding carboxylic acids is 2. The van der Waals surface area contributed by atoms with Gasteiger partial charge >= 0.3 is 0 Å². The number of fused-ring (bicyclic) bond motifs is 1. The molecule has 0 radical (unpaired) electrons. The molecule has 2 N–H and O–H groups in total. The molecule has 0 bridgehead atoms. The summed E-state index contributed by atoms with van der Waals surface area (Å²) in [7, 11) is 0. The summed E-state index contributed by atoms with van der Waals surface area (Å²) >= 11 is 0. The first-order valence-corrected chi connectivity index (χ1v) is 11.3. The second-order valence-electron chi connectivity index (χ2n) is 8.65. The number of aromatic nitrogens is 4. The van der Waals surface area contributed by atoms with Crippen molar-refractivity contribution >= 4 is 17.5 Å². The minimum Gasteiger partial charge on any atom is -0.352 e. The summed E-state index contributed by atoms with van der Waals surface area (Å²) in [5.41, 5.74) is 6.07. The molecule has 0 unspecified atom stereocenters. The zero-order valence-electron chi connectivity index (χ0n) is 19.4. The van der Waals surface area contributed by atoms with Gasteiger partial charge in [0.25, 0.3) is 5.91 Å². The van der Waals surface area contributed by atoms with Crippen molar-refractivity contribution in [3.05, 3.63) is 71.3 Å². The van der Waals surface area contributed by atoms with Crippen molar-refractivity contribution in [3.63, 3.8) is 0 Å². The molecule has 5 rings (SSSR count). The maximum Gasteiger partial charge on any atom is 0.270 e. The lowest BCUT2D eigenvalue weighted by atomic mass is 9.99. The van der Waals surface area contributed by atoms with E-state index < -0.39 is 0 Å². The maximum absolute atomic E-state index is 12.9. The lowest BCUT2D eigenvalue weighted by Gasteiger charge is -2.11. The Balaban J connectivity index is 1.60. The number of rotatable bonds is 5. The van der Waals surface area contributed by atoms with E-state index in [1.54, 1.807) is 28.9 Å². The second kappa shape index (κ2) is 8.99. The third kappa shape index (κ3) is 4.46. The van der Waals surface area contributed by atoms with Crippen molar-refractivity contribution < 1.29 is 9.59 Å². The first-order valence-electron chi connectivity index (χ1n) is 11.3. The molecule has 9 nitrogen and oxygen atoms in total. The van der Waals surface area contributed by atoms with Crippen molar-refractivity contribution in [2.45, 2.75) is 32.7 Å². The van der Waals surface area contributed by atoms with Crippen molar-refractivity contribution in [3.8, 4) is 28.5 Å². The molecule has 1 saturated heterocycles. The molecule has 2 amide bonds. The predicted octanol–water partition coefficient (Wildman–Crippen LogP) is 2.96. The topological polar surface area (TPSA) is 125 Å². The standard InChI is InChI=1S/C26H23N7O2/c1-15-10-19(11-16(2)29-15)23-24(18-5-3-4-17(12-18)13-27)32-33-9-8-21(31-25(23)33)26(35)28-14-20-6-7-22(34)30-20/h3-5,8-12,20H,6-7,14H2,1-2H3,(H,28,35)(H,30,34)/t20-/m1/s1. The SMILES string of the molecule is Cc1cc(-c2c(-c3cccc(C#N)c3)nn3ccc(C(=O)NC[C@H]4CCC(=O)N4)nc23)cc(C)n1. The third-order valence-corrected chi connectivity index (χ3v) is 5.95. The number of pyridine rings is 1. The van der Waals surface area contributed by atoms with Gasteiger partial charge in [0, 0.05) is 42.2 Å². The quantitative estimate of drug-likeness (QED) is 0.467. The Morgan fingerprint density at radius 3 is 2.69 bits per heavy atom. The molecular formula is C26H23N7O2. The van der Waals surface area contributed by atoms with Gasteiger partial charge in [-0.1, -0.05) is 12.1 Å². The molecule has 1 aliphatic heterocycles. The minimum atomic E-state index is -0.323. The van der Waals surface area contributed by atoms with Gasteiger partial charge < -0.3 is 10.6 Å². The monoisotopic (exact) mass is 465 g/mol. The highest BCUT2D eigenvalue weighted by atomic mass is 16.2. The molecule has 1 fully saturated rings. The normalized spacial score (nSPS) is 15.1. The largest absolute Gasteiger partial charge is 0.352 e. The highest BCUT2D eigenvalue weighted by Gasteiger charge is 2.23. The summed E-state index contributed by atoms with van der Waals surface area (Å²) in [6.07, 6.45) is 2.88. The lowest BCUT2D eigenvalue weighted by Crippen LogP contribution is -2.38. The van der Waals surface area contributed by atoms with Gasteiger partial charge in [-0.3, -0.25) is 14.6 Å². The Labute approximate surface area is 201 Å². The number of amides is 2. The molecular weight excluding hydrogens is 442 g/mol. The molecule has 4 aromatic rings. The Bertz CT molecular complexity index is 1500. The fourth-order valence-corrected chi connectivity index (χ4v) is 4.38. The molecule has 4 heterocycles. The average molecular weight is 466 g/mol. The zero-order valence-corrected chi connectivity index (χ0v) is 19.4. The lowest BCUT2D eigenvalue weighted by molar-refractivity contribution is -0.119. The summed E-state index contributed by atoms with van der Waals surface area (Å²) in [5, 5.41) is 19.9. The van der Waals surface area contributed by atoms with E-state index in [4.69, 9.17) is 5.10 Å². The van der Waals surface area contributed by atoms with E-state index in [1.807, 2.05) is 38.1 Å². The van der Waals surface area contributed by atoms with Crippen LogP contribution < -0.4 is 10.6 Å². The highest BCUT2D eigenvalue weighted by molar-refractivity contribution is 5.95. The number of nitriles is 1. The number of nitrogens with one attached hydrogen (secondary N) is 2. The molecule has 0 aliphatic carbocycles. The Hall–Kier alpha value is -4.58. The van der Waals surface area contributed by atoms with Gasteiger partial charge in [0.15, 0.2) is 5.65 Å². The first-order chi connectivity index (χ1) is 16.9. The van der Waals surface area contributed by atoms with Crippen LogP contribution in [0, 0.1) is 25.2 Å². The van der Waals surface area contributed by atoms with Crippen LogP contribution in [0.15, 0.2) is 48.7 Å². The van der Waals surface area contributed by atoms with E-state index in [1.165, 1.54) is 0 Å². The molecule has 9 heteroatoms. The summed E-state index contributed by atoms with van der Waals surface area (Å²) < 4.78 is 1.64. The van der Waals surface area contributed by atoms with Crippen LogP contribution in [0.1, 0.15) is 40.3 Å². The van der Waals surface area contributed by atoms with Crippen molar-refractivity contribution in [1.82, 2.24) is 30.2 Å². The van der Waals surface area contributed by atoms with Crippen LogP contribution in [0.25, 0.3) is 28.0 Å². The number of hydrogen-bond acceptors (Lipinski definition) is 6. The van der Waals surface area contributed by atoms with Crippen LogP contribution in [0.4, 0.5) is 0 Å². The number of nitrogens with zero attached hydrogens (tertiary/aromatic N) is 5. The van der Waals surface area contributed by atoms with Crippen LogP contribution in [0.5, 0.6) is 0 Å². The predicted molar refractivity (Wildman–Crippen MR) is 129 cm³/mol. The van der Waals surface area contributed by atoms with Gasteiger partial charge in [0.2, 0.25) is 5.91 Å². The summed E-state index contributed by atoms with van der Waals surface area (Å²) in [6, 6.07) is 14.9. The van der Waals surface area contributed by atoms with Gasteiger partial charge in [0.1, 0.15) is 11.4 Å². The fraction of sp³-hybridized carbons (Fsp3) is 0.231. The van der Waals surface area contributed by atoms with E-state index in [0.717, 1.165) is 28.1 Å². The third-order valence-electron chi connectivity index (χ3n) is 5.95. The minimum absolute atomic E-state index is 0.00336. The first kappa shape index (κ1) is 22.2. The number of benzene rings is 1. The Morgan fingerprint density at radius 1 is 1.17 bits per heavy atom. The Kier molecular flexibility index (Phi) is 5.71. The highest BCUT2D eigenvalue weighted by Crippen LogP contribution is 2.35. The van der Waals surface area contributed by atoms with Crippen molar-refractivity contribution in [2.24, 2.45) is 0 Å². The van der Waals surface area contributed by atoms with Crippen molar-refractivity contribution in [1.29, 1.82) is 5.26 Å². The molecule has 174 valence electrons. The molecule has 35 heavy (non-hydrogen) atoms. The Morgan fingerprint density at radius 2 is 1.97 bits per heavy atom. The molecule has 1 aliphatic rings.